The van der Waals surface area contributed by atoms with Gasteiger partial charge in [0.2, 0.25) is 0 Å². The first-order valence-corrected chi connectivity index (χ1v) is 6.48. The van der Waals surface area contributed by atoms with Gasteiger partial charge in [-0.1, -0.05) is 6.58 Å². The van der Waals surface area contributed by atoms with Gasteiger partial charge in [0, 0.05) is 6.08 Å². The molecule has 0 bridgehead atoms. The van der Waals surface area contributed by atoms with Crippen molar-refractivity contribution in [2.75, 3.05) is 0 Å². The molecule has 64 valence electrons. The third kappa shape index (κ3) is 104. The predicted molar refractivity (Wildman–Crippen MR) is 36.8 cm³/mol. The molecule has 0 aromatic rings. The van der Waals surface area contributed by atoms with Crippen LogP contribution in [0.1, 0.15) is 2.85 Å². The van der Waals surface area contributed by atoms with Crippen LogP contribution in [0.2, 0.25) is 5.71 Å². The second-order valence-corrected chi connectivity index (χ2v) is 4.88. The summed E-state index contributed by atoms with van der Waals surface area (Å²) in [7, 11) is 0. The van der Waals surface area contributed by atoms with Crippen LogP contribution >= 0.6 is 0 Å². The first-order valence-electron chi connectivity index (χ1n) is 2.15. The van der Waals surface area contributed by atoms with Crippen LogP contribution in [0, 0.1) is 0 Å². The number of hydrogen-bond donors (Lipinski definition) is 3. The van der Waals surface area contributed by atoms with Gasteiger partial charge in [-0.25, -0.2) is 4.79 Å². The molecule has 12 heavy (non-hydrogen) atoms. The number of carboxylic acids is 1. The summed E-state index contributed by atoms with van der Waals surface area (Å²) in [6.45, 7) is 2.96. The van der Waals surface area contributed by atoms with E-state index in [1.807, 2.05) is 0 Å². The van der Waals surface area contributed by atoms with E-state index < -0.39 is 20.1 Å². The zero-order valence-corrected chi connectivity index (χ0v) is 13.3. The van der Waals surface area contributed by atoms with Crippen molar-refractivity contribution in [3.05, 3.63) is 12.7 Å². The van der Waals surface area contributed by atoms with E-state index in [0.717, 1.165) is 11.8 Å². The maximum Gasteiger partial charge on any atom is 1.00 e. The first kappa shape index (κ1) is 23.4. The van der Waals surface area contributed by atoms with Crippen molar-refractivity contribution in [2.45, 2.75) is 5.71 Å². The maximum atomic E-state index is 9.39. The van der Waals surface area contributed by atoms with E-state index in [1.165, 1.54) is 0 Å². The molecule has 8 heteroatoms. The second kappa shape index (κ2) is 12.5. The Morgan fingerprint density at radius 3 is 1.58 bits per heavy atom. The van der Waals surface area contributed by atoms with Gasteiger partial charge in [0.15, 0.2) is 0 Å². The van der Waals surface area contributed by atoms with E-state index in [1.54, 1.807) is 0 Å². The molecule has 0 atom stereocenters. The molecule has 0 rings (SSSR count). The fourth-order valence-electron chi connectivity index (χ4n) is 0. The third-order valence-electron chi connectivity index (χ3n) is 0.175. The van der Waals surface area contributed by atoms with Crippen molar-refractivity contribution in [3.8, 4) is 0 Å². The van der Waals surface area contributed by atoms with E-state index >= 15 is 0 Å². The van der Waals surface area contributed by atoms with Crippen LogP contribution in [-0.4, -0.2) is 33.4 Å². The monoisotopic (exact) mass is 260 g/mol. The molecule has 3 N–H and O–H groups in total. The Labute approximate surface area is 121 Å². The summed E-state index contributed by atoms with van der Waals surface area (Å²) >= 11 is -4.12. The van der Waals surface area contributed by atoms with Gasteiger partial charge in [-0.05, 0) is 0 Å². The van der Waals surface area contributed by atoms with Crippen LogP contribution in [0.5, 0.6) is 0 Å². The minimum Gasteiger partial charge on any atom is -1.00 e. The Morgan fingerprint density at radius 2 is 1.58 bits per heavy atom. The molecule has 0 aromatic carbocycles. The van der Waals surface area contributed by atoms with E-state index in [0.29, 0.717) is 0 Å². The normalized spacial score (nSPS) is 7.58. The van der Waals surface area contributed by atoms with Gasteiger partial charge in [0.05, 0.1) is 0 Å². The molecule has 0 amide bonds. The summed E-state index contributed by atoms with van der Waals surface area (Å²) in [4.78, 5) is 9.25. The number of rotatable bonds is 1. The van der Waals surface area contributed by atoms with Crippen molar-refractivity contribution in [2.24, 2.45) is 0 Å². The van der Waals surface area contributed by atoms with E-state index in [4.69, 9.17) is 13.3 Å². The van der Waals surface area contributed by atoms with Crippen molar-refractivity contribution >= 4 is 20.1 Å². The van der Waals surface area contributed by atoms with E-state index in [2.05, 4.69) is 6.58 Å². The average Bonchev–Trinajstić information content (AvgIpc) is 1.61. The Kier molecular flexibility index (Phi) is 24.3. The number of hydrogen-bond acceptors (Lipinski definition) is 2. The number of aliphatic carboxylic acids is 1. The zero-order chi connectivity index (χ0) is 8.78. The fraction of sp³-hybridized carbons (Fsp3) is 0.250. The molecule has 0 fully saturated rings. The zero-order valence-electron chi connectivity index (χ0n) is 9.39. The molecule has 0 aliphatic heterocycles. The Balaban J connectivity index is -0.0000000178. The van der Waals surface area contributed by atoms with Crippen LogP contribution in [-0.2, 0) is 8.53 Å². The molecule has 0 unspecified atom stereocenters. The largest absolute Gasteiger partial charge is 1.00 e. The second-order valence-electron chi connectivity index (χ2n) is 1.38. The summed E-state index contributed by atoms with van der Waals surface area (Å²) in [5.74, 6) is -0.981. The van der Waals surface area contributed by atoms with Crippen molar-refractivity contribution in [1.82, 2.24) is 0 Å². The Bertz CT molecular complexity index is 165. The SMILES string of the molecule is C=CC(=O)O.C[As](=O)(O)O.[H-].[H-].[Na+].[Na+]. The van der Waals surface area contributed by atoms with E-state index in [9.17, 15) is 8.53 Å². The Morgan fingerprint density at radius 1 is 1.50 bits per heavy atom. The van der Waals surface area contributed by atoms with Gasteiger partial charge in [0.1, 0.15) is 0 Å². The Hall–Kier alpha value is 1.49. The first-order chi connectivity index (χ1) is 4.27. The molecule has 5 nitrogen and oxygen atoms in total. The van der Waals surface area contributed by atoms with Crippen LogP contribution in [0.25, 0.3) is 0 Å². The summed E-state index contributed by atoms with van der Waals surface area (Å²) < 4.78 is 24.8. The molecule has 0 radical (unpaired) electrons. The summed E-state index contributed by atoms with van der Waals surface area (Å²) in [6.07, 6.45) is 0.833. The van der Waals surface area contributed by atoms with Gasteiger partial charge in [0.25, 0.3) is 0 Å². The summed E-state index contributed by atoms with van der Waals surface area (Å²) in [6, 6.07) is 0. The predicted octanol–water partition coefficient (Wildman–Crippen LogP) is -6.54. The molecule has 0 aromatic heterocycles. The smallest absolute Gasteiger partial charge is 1.00 e. The van der Waals surface area contributed by atoms with Crippen LogP contribution in [0.4, 0.5) is 0 Å². The molecule has 0 saturated carbocycles. The minimum absolute atomic E-state index is 0. The van der Waals surface area contributed by atoms with Gasteiger partial charge >= 0.3 is 96.9 Å². The number of carbonyl (C=O) groups is 1. The van der Waals surface area contributed by atoms with Gasteiger partial charge < -0.3 is 7.96 Å². The maximum absolute atomic E-state index is 9.39. The van der Waals surface area contributed by atoms with Crippen LogP contribution < -0.4 is 59.1 Å². The molecular formula is C4H11AsNa2O5. The number of carboxylic acid groups (broad SMARTS) is 1. The minimum atomic E-state index is -4.12. The van der Waals surface area contributed by atoms with Gasteiger partial charge in [-0.2, -0.15) is 0 Å². The average molecular weight is 260 g/mol. The van der Waals surface area contributed by atoms with E-state index in [-0.39, 0.29) is 62.0 Å². The summed E-state index contributed by atoms with van der Waals surface area (Å²) in [5, 5.41) is 7.60. The van der Waals surface area contributed by atoms with Crippen molar-refractivity contribution in [1.29, 1.82) is 0 Å². The third-order valence-corrected chi connectivity index (χ3v) is 0.175. The standard InChI is InChI=1S/C3H4O2.CH5AsO3.2Na.2H/c1-2-3(4)5;1-2(3,4)5;;;;/h2H,1H2,(H,4,5);1H3,(H2,3,4,5);;;;/q;;2*+1;2*-1. The quantitative estimate of drug-likeness (QED) is 0.322. The molecular weight excluding hydrogens is 249 g/mol. The molecule has 0 aliphatic rings. The summed E-state index contributed by atoms with van der Waals surface area (Å²) in [5.41, 5.74) is 0.915. The van der Waals surface area contributed by atoms with Crippen LogP contribution in [0.15, 0.2) is 12.7 Å². The van der Waals surface area contributed by atoms with Gasteiger partial charge in [-0.15, -0.1) is 0 Å². The van der Waals surface area contributed by atoms with Crippen LogP contribution in [0.3, 0.4) is 0 Å². The van der Waals surface area contributed by atoms with Crippen molar-refractivity contribution in [3.63, 3.8) is 0 Å². The molecule has 0 heterocycles. The molecule has 0 spiro atoms. The van der Waals surface area contributed by atoms with Crippen molar-refractivity contribution < 1.29 is 83.8 Å². The topological polar surface area (TPSA) is 94.8 Å². The molecule has 0 aliphatic carbocycles. The molecule has 0 saturated heterocycles. The van der Waals surface area contributed by atoms with Gasteiger partial charge in [-0.3, -0.25) is 0 Å². The fourth-order valence-corrected chi connectivity index (χ4v) is 0.